The van der Waals surface area contributed by atoms with E-state index in [2.05, 4.69) is 97.2 Å². The van der Waals surface area contributed by atoms with Gasteiger partial charge >= 0.3 is 11.9 Å². The second kappa shape index (κ2) is 36.6. The first kappa shape index (κ1) is 74.4. The molecule has 26 heteroatoms. The lowest BCUT2D eigenvalue weighted by molar-refractivity contribution is -0.121. The molecule has 2 saturated heterocycles. The second-order valence-electron chi connectivity index (χ2n) is 22.7. The quantitative estimate of drug-likeness (QED) is 0.0179. The molecule has 3 aromatic carbocycles. The number of nitrogens with zero attached hydrogens (tertiary/aromatic N) is 5. The van der Waals surface area contributed by atoms with E-state index in [0.29, 0.717) is 70.7 Å². The van der Waals surface area contributed by atoms with Crippen molar-refractivity contribution in [3.8, 4) is 0 Å². The zero-order valence-electron chi connectivity index (χ0n) is 52.0. The number of thioether (sulfide) groups is 2. The number of carbonyl (C=O) groups excluding carboxylic acids is 6. The van der Waals surface area contributed by atoms with E-state index in [-0.39, 0.29) is 75.9 Å². The molecule has 7 N–H and O–H groups in total. The molecule has 9 rings (SSSR count). The number of piperidine rings is 2. The molecule has 7 aromatic rings. The van der Waals surface area contributed by atoms with Gasteiger partial charge in [0.05, 0.1) is 55.8 Å². The van der Waals surface area contributed by atoms with E-state index in [9.17, 15) is 38.4 Å². The number of anilines is 3. The molecule has 92 heavy (non-hydrogen) atoms. The van der Waals surface area contributed by atoms with E-state index in [0.717, 1.165) is 63.1 Å². The number of benzene rings is 3. The van der Waals surface area contributed by atoms with Crippen molar-refractivity contribution < 1.29 is 57.4 Å². The Hall–Kier alpha value is -8.33. The Morgan fingerprint density at radius 1 is 0.609 bits per heavy atom. The van der Waals surface area contributed by atoms with Gasteiger partial charge in [-0.1, -0.05) is 108 Å². The zero-order valence-corrected chi connectivity index (χ0v) is 56.1. The summed E-state index contributed by atoms with van der Waals surface area (Å²) >= 11 is 10.8. The van der Waals surface area contributed by atoms with Gasteiger partial charge in [-0.2, -0.15) is 0 Å². The van der Waals surface area contributed by atoms with Gasteiger partial charge in [-0.05, 0) is 128 Å². The summed E-state index contributed by atoms with van der Waals surface area (Å²) in [7, 11) is 0. The molecule has 6 heterocycles. The van der Waals surface area contributed by atoms with Crippen molar-refractivity contribution in [1.82, 2.24) is 30.2 Å². The number of carboxylic acids is 2. The van der Waals surface area contributed by atoms with Gasteiger partial charge in [0.25, 0.3) is 5.91 Å². The molecular weight excluding hydrogens is 1270 g/mol. The normalized spacial score (nSPS) is 13.1. The fourth-order valence-corrected chi connectivity index (χ4v) is 11.7. The predicted octanol–water partition coefficient (Wildman–Crippen LogP) is 12.8. The van der Waals surface area contributed by atoms with Crippen LogP contribution in [0.5, 0.6) is 0 Å². The van der Waals surface area contributed by atoms with Crippen molar-refractivity contribution in [3.63, 3.8) is 0 Å². The van der Waals surface area contributed by atoms with Gasteiger partial charge in [0.15, 0.2) is 21.8 Å². The third-order valence-corrected chi connectivity index (χ3v) is 17.8. The third kappa shape index (κ3) is 25.7. The minimum absolute atomic E-state index is 0.0352. The van der Waals surface area contributed by atoms with Crippen LogP contribution in [0.4, 0.5) is 16.0 Å². The summed E-state index contributed by atoms with van der Waals surface area (Å²) in [5.41, 5.74) is 8.49. The van der Waals surface area contributed by atoms with Crippen molar-refractivity contribution in [3.05, 3.63) is 187 Å². The number of amides is 3. The number of aromatic nitrogens is 4. The number of nitrogen functional groups attached to an aromatic ring is 1. The number of hydrogen-bond acceptors (Lipinski definition) is 20. The van der Waals surface area contributed by atoms with E-state index >= 15 is 0 Å². The Bertz CT molecular complexity index is 3630. The molecule has 0 bridgehead atoms. The lowest BCUT2D eigenvalue weighted by Crippen LogP contribution is -2.41. The van der Waals surface area contributed by atoms with Crippen LogP contribution in [0.1, 0.15) is 133 Å². The van der Waals surface area contributed by atoms with Gasteiger partial charge in [-0.15, -0.1) is 23.5 Å². The number of oxazole rings is 2. The van der Waals surface area contributed by atoms with Crippen molar-refractivity contribution >= 4 is 120 Å². The molecule has 21 nitrogen and oxygen atoms in total. The van der Waals surface area contributed by atoms with Crippen LogP contribution < -0.4 is 21.7 Å². The average molecular weight is 1350 g/mol. The summed E-state index contributed by atoms with van der Waals surface area (Å²) in [5, 5.41) is 26.9. The van der Waals surface area contributed by atoms with E-state index < -0.39 is 17.2 Å². The number of carbonyl (C=O) groups is 8. The molecule has 488 valence electrons. The smallest absolute Gasteiger partial charge is 0.335 e. The van der Waals surface area contributed by atoms with Gasteiger partial charge in [0.1, 0.15) is 11.5 Å². The number of thiazole rings is 2. The maximum absolute atomic E-state index is 12.9. The number of halogens is 1. The summed E-state index contributed by atoms with van der Waals surface area (Å²) in [6, 6.07) is 19.4. The Balaban J connectivity index is 0.000000242. The Morgan fingerprint density at radius 3 is 1.35 bits per heavy atom. The second-order valence-corrected chi connectivity index (χ2v) is 27.7. The molecule has 2 aliphatic heterocycles. The van der Waals surface area contributed by atoms with Gasteiger partial charge in [-0.3, -0.25) is 28.8 Å². The Morgan fingerprint density at radius 2 is 0.989 bits per heavy atom. The lowest BCUT2D eigenvalue weighted by atomic mass is 9.94. The average Bonchev–Trinajstić information content (AvgIpc) is 2.98. The summed E-state index contributed by atoms with van der Waals surface area (Å²) in [6.07, 6.45) is 14.2. The SMILES string of the molecule is C=CC(=O)Cc1ccc(C(=O)N2CCC(C(=O)Nc3ncc(SCc4ncc(C(C)(C)C)o4)s3)CC2)cc1.C=CC(=O)Cc1ccc(C(=O)O)cc1.C=CC(=O)Cl.CC(C)(C)c1cnc(CSc2cnc(NC(=O)C3CCNCC3)s2)o1.Nc1ccc(C(=O)O)cc1. The van der Waals surface area contributed by atoms with Gasteiger partial charge < -0.3 is 45.6 Å². The largest absolute Gasteiger partial charge is 0.478 e. The number of carboxylic acid groups (broad SMARTS) is 2. The van der Waals surface area contributed by atoms with Crippen LogP contribution in [-0.2, 0) is 59.2 Å². The molecule has 3 amide bonds. The van der Waals surface area contributed by atoms with Crippen molar-refractivity contribution in [2.45, 2.75) is 111 Å². The maximum atomic E-state index is 12.9. The molecule has 0 aliphatic carbocycles. The minimum atomic E-state index is -0.966. The first-order chi connectivity index (χ1) is 43.6. The molecule has 0 spiro atoms. The minimum Gasteiger partial charge on any atom is -0.478 e. The van der Waals surface area contributed by atoms with Crippen LogP contribution in [-0.4, -0.2) is 108 Å². The van der Waals surface area contributed by atoms with Crippen LogP contribution in [0.15, 0.2) is 153 Å². The number of ketones is 2. The molecule has 0 saturated carbocycles. The number of rotatable bonds is 20. The van der Waals surface area contributed by atoms with E-state index in [1.807, 2.05) is 0 Å². The summed E-state index contributed by atoms with van der Waals surface area (Å²) < 4.78 is 13.6. The first-order valence-electron chi connectivity index (χ1n) is 29.0. The highest BCUT2D eigenvalue weighted by Gasteiger charge is 2.29. The molecule has 2 fully saturated rings. The first-order valence-corrected chi connectivity index (χ1v) is 32.9. The number of likely N-dealkylation sites (tertiary alicyclic amines) is 1. The van der Waals surface area contributed by atoms with E-state index in [1.54, 1.807) is 102 Å². The topological polar surface area (TPSA) is 320 Å². The monoisotopic (exact) mass is 1350 g/mol. The van der Waals surface area contributed by atoms with Crippen LogP contribution in [0.3, 0.4) is 0 Å². The molecule has 0 atom stereocenters. The van der Waals surface area contributed by atoms with E-state index in [1.165, 1.54) is 59.1 Å². The number of aromatic carboxylic acids is 2. The molecule has 2 aliphatic rings. The van der Waals surface area contributed by atoms with E-state index in [4.69, 9.17) is 36.4 Å². The van der Waals surface area contributed by atoms with Gasteiger partial charge in [0.2, 0.25) is 28.8 Å². The van der Waals surface area contributed by atoms with Crippen molar-refractivity contribution in [2.24, 2.45) is 11.8 Å². The summed E-state index contributed by atoms with van der Waals surface area (Å²) in [6.45, 7) is 25.3. The molecule has 0 unspecified atom stereocenters. The predicted molar refractivity (Wildman–Crippen MR) is 362 cm³/mol. The molecule has 4 aromatic heterocycles. The molecular formula is C66H76ClN9O12S4. The van der Waals surface area contributed by atoms with Crippen molar-refractivity contribution in [1.29, 1.82) is 0 Å². The third-order valence-electron chi connectivity index (χ3n) is 13.5. The maximum Gasteiger partial charge on any atom is 0.335 e. The number of allylic oxidation sites excluding steroid dienone is 3. The fourth-order valence-electron chi connectivity index (χ4n) is 8.21. The Labute approximate surface area is 556 Å². The standard InChI is InChI=1S/C28H32N4O4S2.C17H24N4O2S2.C11H10O3.C7H7NO2.C3H3ClO/c1-5-21(33)14-18-6-8-20(9-7-18)26(35)32-12-10-19(11-13-32)25(34)31-27-30-16-24(38-27)37-17-23-29-15-22(36-23)28(2,3)4;1-17(2,3)12-8-19-13(23-12)10-24-14-9-20-16(25-14)21-15(22)11-4-6-18-7-5-11;1-2-10(12)7-8-3-5-9(6-4-8)11(13)14;8-6-3-1-5(2-4-6)7(9)10;1-2-3(4)5/h5-9,15-16,19H,1,10-14,17H2,2-4H3,(H,30,31,34);8-9,11,18H,4-7,10H2,1-3H3,(H,20,21,22);2-6H,1,7H2,(H,13,14);1-4H,8H2,(H,9,10);2H,1H2. The highest BCUT2D eigenvalue weighted by atomic mass is 35.5. The number of nitrogens with two attached hydrogens (primary N) is 1. The highest BCUT2D eigenvalue weighted by molar-refractivity contribution is 8.00. The Kier molecular flexibility index (Phi) is 29.6. The lowest BCUT2D eigenvalue weighted by Gasteiger charge is -2.31. The van der Waals surface area contributed by atoms with Crippen LogP contribution in [0.25, 0.3) is 0 Å². The van der Waals surface area contributed by atoms with Crippen molar-refractivity contribution in [2.75, 3.05) is 42.5 Å². The highest BCUT2D eigenvalue weighted by Crippen LogP contribution is 2.34. The van der Waals surface area contributed by atoms with Crippen LogP contribution in [0.2, 0.25) is 0 Å². The molecule has 0 radical (unpaired) electrons. The van der Waals surface area contributed by atoms with Crippen LogP contribution >= 0.6 is 57.8 Å². The van der Waals surface area contributed by atoms with Gasteiger partial charge in [-0.25, -0.2) is 29.5 Å². The van der Waals surface area contributed by atoms with Crippen LogP contribution in [0, 0.1) is 11.8 Å². The zero-order chi connectivity index (χ0) is 67.5. The fraction of sp³-hybridized carbons (Fsp3) is 0.333. The summed E-state index contributed by atoms with van der Waals surface area (Å²) in [4.78, 5) is 110. The summed E-state index contributed by atoms with van der Waals surface area (Å²) in [5.74, 6) is 2.20. The number of hydrogen-bond donors (Lipinski definition) is 6. The van der Waals surface area contributed by atoms with Gasteiger partial charge in [0, 0.05) is 59.8 Å². The number of nitrogens with one attached hydrogen (secondary N) is 3.